The summed E-state index contributed by atoms with van der Waals surface area (Å²) in [7, 11) is 0. The van der Waals surface area contributed by atoms with Crippen molar-refractivity contribution in [1.29, 1.82) is 0 Å². The molecule has 22 heavy (non-hydrogen) atoms. The largest absolute Gasteiger partial charge is 0.357 e. The number of hydrogen-bond acceptors (Lipinski definition) is 3. The average Bonchev–Trinajstić information content (AvgIpc) is 3.21. The van der Waals surface area contributed by atoms with E-state index in [1.54, 1.807) is 11.3 Å². The highest BCUT2D eigenvalue weighted by molar-refractivity contribution is 7.10. The molecule has 0 amide bonds. The van der Waals surface area contributed by atoms with E-state index in [0.29, 0.717) is 5.92 Å². The molecule has 5 nitrogen and oxygen atoms in total. The SMILES string of the molecule is CCNC(=NCC(C)c1cccs1)NCCCn1ccnc1. The van der Waals surface area contributed by atoms with Crippen LogP contribution in [0.4, 0.5) is 0 Å². The Morgan fingerprint density at radius 1 is 1.45 bits per heavy atom. The van der Waals surface area contributed by atoms with Crippen molar-refractivity contribution in [3.05, 3.63) is 41.1 Å². The Morgan fingerprint density at radius 2 is 2.36 bits per heavy atom. The molecule has 0 aliphatic heterocycles. The van der Waals surface area contributed by atoms with E-state index in [-0.39, 0.29) is 0 Å². The fourth-order valence-electron chi connectivity index (χ4n) is 2.12. The first kappa shape index (κ1) is 16.5. The molecule has 2 aromatic rings. The Labute approximate surface area is 136 Å². The summed E-state index contributed by atoms with van der Waals surface area (Å²) < 4.78 is 2.09. The molecule has 0 bridgehead atoms. The molecule has 6 heteroatoms. The van der Waals surface area contributed by atoms with Gasteiger partial charge in [0.1, 0.15) is 0 Å². The number of aliphatic imine (C=N–C) groups is 1. The maximum atomic E-state index is 4.69. The van der Waals surface area contributed by atoms with Gasteiger partial charge in [0, 0.05) is 42.8 Å². The predicted molar refractivity (Wildman–Crippen MR) is 93.6 cm³/mol. The van der Waals surface area contributed by atoms with Gasteiger partial charge in [-0.2, -0.15) is 0 Å². The molecule has 0 aliphatic carbocycles. The molecule has 0 fully saturated rings. The highest BCUT2D eigenvalue weighted by Gasteiger charge is 2.06. The molecule has 2 rings (SSSR count). The van der Waals surface area contributed by atoms with Crippen molar-refractivity contribution in [1.82, 2.24) is 20.2 Å². The Kier molecular flexibility index (Phi) is 6.96. The van der Waals surface area contributed by atoms with E-state index < -0.39 is 0 Å². The number of nitrogens with zero attached hydrogens (tertiary/aromatic N) is 3. The van der Waals surface area contributed by atoms with Crippen molar-refractivity contribution < 1.29 is 0 Å². The Morgan fingerprint density at radius 3 is 3.05 bits per heavy atom. The number of aryl methyl sites for hydroxylation is 1. The monoisotopic (exact) mass is 319 g/mol. The number of nitrogens with one attached hydrogen (secondary N) is 2. The minimum absolute atomic E-state index is 0.460. The highest BCUT2D eigenvalue weighted by Crippen LogP contribution is 2.20. The van der Waals surface area contributed by atoms with Gasteiger partial charge in [0.05, 0.1) is 12.9 Å². The Hall–Kier alpha value is -1.82. The molecule has 2 aromatic heterocycles. The van der Waals surface area contributed by atoms with Crippen LogP contribution in [0.25, 0.3) is 0 Å². The lowest BCUT2D eigenvalue weighted by Gasteiger charge is -2.13. The minimum atomic E-state index is 0.460. The summed E-state index contributed by atoms with van der Waals surface area (Å²) in [6.45, 7) is 7.86. The van der Waals surface area contributed by atoms with Crippen LogP contribution in [-0.2, 0) is 6.54 Å². The summed E-state index contributed by atoms with van der Waals surface area (Å²) >= 11 is 1.80. The zero-order chi connectivity index (χ0) is 15.6. The zero-order valence-corrected chi connectivity index (χ0v) is 14.1. The van der Waals surface area contributed by atoms with Gasteiger partial charge in [-0.1, -0.05) is 13.0 Å². The van der Waals surface area contributed by atoms with Crippen LogP contribution in [0, 0.1) is 0 Å². The van der Waals surface area contributed by atoms with Gasteiger partial charge in [-0.3, -0.25) is 4.99 Å². The van der Waals surface area contributed by atoms with Crippen molar-refractivity contribution in [3.63, 3.8) is 0 Å². The number of rotatable bonds is 8. The number of guanidine groups is 1. The Balaban J connectivity index is 1.74. The molecule has 0 saturated heterocycles. The van der Waals surface area contributed by atoms with Gasteiger partial charge >= 0.3 is 0 Å². The van der Waals surface area contributed by atoms with E-state index in [9.17, 15) is 0 Å². The third-order valence-corrected chi connectivity index (χ3v) is 4.44. The summed E-state index contributed by atoms with van der Waals surface area (Å²) in [5.41, 5.74) is 0. The summed E-state index contributed by atoms with van der Waals surface area (Å²) in [5, 5.41) is 8.81. The molecule has 1 unspecified atom stereocenters. The summed E-state index contributed by atoms with van der Waals surface area (Å²) in [6.07, 6.45) is 6.69. The van der Waals surface area contributed by atoms with Gasteiger partial charge in [0.2, 0.25) is 0 Å². The predicted octanol–water partition coefficient (Wildman–Crippen LogP) is 2.69. The second kappa shape index (κ2) is 9.25. The fourth-order valence-corrected chi connectivity index (χ4v) is 2.90. The molecule has 0 aromatic carbocycles. The van der Waals surface area contributed by atoms with Crippen molar-refractivity contribution >= 4 is 17.3 Å². The van der Waals surface area contributed by atoms with Gasteiger partial charge < -0.3 is 15.2 Å². The van der Waals surface area contributed by atoms with Crippen LogP contribution in [-0.4, -0.2) is 35.1 Å². The maximum absolute atomic E-state index is 4.69. The van der Waals surface area contributed by atoms with Crippen LogP contribution < -0.4 is 10.6 Å². The average molecular weight is 319 g/mol. The van der Waals surface area contributed by atoms with Crippen LogP contribution in [0.1, 0.15) is 31.1 Å². The third-order valence-electron chi connectivity index (χ3n) is 3.34. The van der Waals surface area contributed by atoms with E-state index in [0.717, 1.165) is 38.6 Å². The second-order valence-electron chi connectivity index (χ2n) is 5.22. The van der Waals surface area contributed by atoms with Crippen molar-refractivity contribution in [3.8, 4) is 0 Å². The van der Waals surface area contributed by atoms with Gasteiger partial charge in [-0.15, -0.1) is 11.3 Å². The number of aromatic nitrogens is 2. The zero-order valence-electron chi connectivity index (χ0n) is 13.3. The van der Waals surface area contributed by atoms with Crippen LogP contribution in [0.15, 0.2) is 41.2 Å². The van der Waals surface area contributed by atoms with Crippen LogP contribution in [0.2, 0.25) is 0 Å². The van der Waals surface area contributed by atoms with Crippen LogP contribution in [0.3, 0.4) is 0 Å². The van der Waals surface area contributed by atoms with E-state index in [4.69, 9.17) is 0 Å². The van der Waals surface area contributed by atoms with E-state index in [1.165, 1.54) is 4.88 Å². The standard InChI is InChI=1S/C16H25N5S/c1-3-18-16(19-7-5-9-21-10-8-17-13-21)20-12-14(2)15-6-4-11-22-15/h4,6,8,10-11,13-14H,3,5,7,9,12H2,1-2H3,(H2,18,19,20). The van der Waals surface area contributed by atoms with E-state index in [2.05, 4.69) is 56.5 Å². The number of hydrogen-bond donors (Lipinski definition) is 2. The number of thiophene rings is 1. The summed E-state index contributed by atoms with van der Waals surface area (Å²) in [4.78, 5) is 10.1. The molecule has 0 radical (unpaired) electrons. The first-order valence-corrected chi connectivity index (χ1v) is 8.69. The molecule has 0 spiro atoms. The quantitative estimate of drug-likeness (QED) is 0.447. The highest BCUT2D eigenvalue weighted by atomic mass is 32.1. The molecule has 0 aliphatic rings. The number of imidazole rings is 1. The first-order valence-electron chi connectivity index (χ1n) is 7.81. The smallest absolute Gasteiger partial charge is 0.191 e. The van der Waals surface area contributed by atoms with Gasteiger partial charge in [0.15, 0.2) is 5.96 Å². The lowest BCUT2D eigenvalue weighted by Crippen LogP contribution is -2.38. The van der Waals surface area contributed by atoms with Gasteiger partial charge in [-0.05, 0) is 24.8 Å². The van der Waals surface area contributed by atoms with Gasteiger partial charge in [-0.25, -0.2) is 4.98 Å². The van der Waals surface area contributed by atoms with Crippen LogP contribution >= 0.6 is 11.3 Å². The van der Waals surface area contributed by atoms with Gasteiger partial charge in [0.25, 0.3) is 0 Å². The molecule has 120 valence electrons. The molecule has 2 heterocycles. The lowest BCUT2D eigenvalue weighted by atomic mass is 10.1. The molecule has 0 saturated carbocycles. The molecule has 2 N–H and O–H groups in total. The molecular weight excluding hydrogens is 294 g/mol. The topological polar surface area (TPSA) is 54.2 Å². The summed E-state index contributed by atoms with van der Waals surface area (Å²) in [5.74, 6) is 1.36. The first-order chi connectivity index (χ1) is 10.8. The van der Waals surface area contributed by atoms with E-state index in [1.807, 2.05) is 18.7 Å². The normalized spacial score (nSPS) is 13.1. The van der Waals surface area contributed by atoms with Crippen molar-refractivity contribution in [2.45, 2.75) is 32.7 Å². The molecule has 1 atom stereocenters. The minimum Gasteiger partial charge on any atom is -0.357 e. The fraction of sp³-hybridized carbons (Fsp3) is 0.500. The Bertz CT molecular complexity index is 533. The third kappa shape index (κ3) is 5.52. The second-order valence-corrected chi connectivity index (χ2v) is 6.20. The van der Waals surface area contributed by atoms with Crippen LogP contribution in [0.5, 0.6) is 0 Å². The maximum Gasteiger partial charge on any atom is 0.191 e. The van der Waals surface area contributed by atoms with E-state index >= 15 is 0 Å². The van der Waals surface area contributed by atoms with Crippen molar-refractivity contribution in [2.75, 3.05) is 19.6 Å². The summed E-state index contributed by atoms with van der Waals surface area (Å²) in [6, 6.07) is 4.27. The lowest BCUT2D eigenvalue weighted by molar-refractivity contribution is 0.624. The van der Waals surface area contributed by atoms with Crippen molar-refractivity contribution in [2.24, 2.45) is 4.99 Å². The molecular formula is C16H25N5S.